The van der Waals surface area contributed by atoms with Crippen molar-refractivity contribution in [2.75, 3.05) is 0 Å². The summed E-state index contributed by atoms with van der Waals surface area (Å²) in [6.07, 6.45) is 1.96. The van der Waals surface area contributed by atoms with Crippen LogP contribution in [-0.4, -0.2) is 26.4 Å². The van der Waals surface area contributed by atoms with Gasteiger partial charge < -0.3 is 15.3 Å². The number of phenolic OH excluding ortho intramolecular Hbond substituents is 2. The van der Waals surface area contributed by atoms with Crippen molar-refractivity contribution in [3.63, 3.8) is 0 Å². The summed E-state index contributed by atoms with van der Waals surface area (Å²) < 4.78 is 0. The molecule has 2 aromatic rings. The number of thiazole rings is 1. The third-order valence-corrected chi connectivity index (χ3v) is 6.27. The van der Waals surface area contributed by atoms with Gasteiger partial charge >= 0.3 is 0 Å². The van der Waals surface area contributed by atoms with Crippen molar-refractivity contribution in [3.05, 3.63) is 52.2 Å². The number of aromatic nitrogens is 1. The summed E-state index contributed by atoms with van der Waals surface area (Å²) in [4.78, 5) is 5.37. The molecule has 3 rings (SSSR count). The van der Waals surface area contributed by atoms with Crippen LogP contribution >= 0.6 is 11.3 Å². The molecule has 4 nitrogen and oxygen atoms in total. The van der Waals surface area contributed by atoms with Crippen LogP contribution in [0.2, 0.25) is 0 Å². The van der Waals surface area contributed by atoms with E-state index in [0.29, 0.717) is 12.0 Å². The average molecular weight is 372 g/mol. The lowest BCUT2D eigenvalue weighted by Crippen LogP contribution is -2.26. The Morgan fingerprint density at radius 1 is 1.19 bits per heavy atom. The number of aliphatic hydroxyl groups excluding tert-OH is 1. The van der Waals surface area contributed by atoms with Crippen LogP contribution in [0.5, 0.6) is 11.5 Å². The van der Waals surface area contributed by atoms with E-state index in [0.717, 1.165) is 32.3 Å². The number of aromatic hydroxyl groups is 2. The number of allylic oxidation sites excluding steroid dienone is 2. The van der Waals surface area contributed by atoms with Crippen LogP contribution in [0.1, 0.15) is 42.5 Å². The van der Waals surface area contributed by atoms with E-state index in [2.05, 4.69) is 11.6 Å². The van der Waals surface area contributed by atoms with E-state index < -0.39 is 6.10 Å². The first-order valence-electron chi connectivity index (χ1n) is 8.71. The zero-order valence-electron chi connectivity index (χ0n) is 15.6. The Balaban J connectivity index is 2.11. The van der Waals surface area contributed by atoms with Gasteiger partial charge in [0.1, 0.15) is 11.5 Å². The molecule has 0 saturated carbocycles. The van der Waals surface area contributed by atoms with Gasteiger partial charge in [0, 0.05) is 17.0 Å². The molecule has 0 radical (unpaired) electrons. The fourth-order valence-corrected chi connectivity index (χ4v) is 4.68. The Kier molecular flexibility index (Phi) is 4.95. The molecule has 5 heteroatoms. The molecular weight excluding hydrogens is 346 g/mol. The average Bonchev–Trinajstić information content (AvgIpc) is 2.88. The second kappa shape index (κ2) is 6.89. The number of aliphatic hydroxyl groups is 1. The van der Waals surface area contributed by atoms with Crippen LogP contribution in [0.25, 0.3) is 10.4 Å². The van der Waals surface area contributed by atoms with E-state index in [1.807, 2.05) is 33.8 Å². The highest BCUT2D eigenvalue weighted by molar-refractivity contribution is 7.15. The van der Waals surface area contributed by atoms with Gasteiger partial charge in [0.15, 0.2) is 0 Å². The lowest BCUT2D eigenvalue weighted by atomic mass is 9.72. The molecule has 3 N–H and O–H groups in total. The predicted octanol–water partition coefficient (Wildman–Crippen LogP) is 4.82. The zero-order valence-corrected chi connectivity index (χ0v) is 16.4. The molecule has 0 saturated heterocycles. The van der Waals surface area contributed by atoms with Gasteiger partial charge in [-0.3, -0.25) is 0 Å². The van der Waals surface area contributed by atoms with Crippen molar-refractivity contribution >= 4 is 11.3 Å². The minimum Gasteiger partial charge on any atom is -0.507 e. The Hall–Kier alpha value is -2.11. The zero-order chi connectivity index (χ0) is 19.2. The smallest absolute Gasteiger partial charge is 0.123 e. The molecule has 138 valence electrons. The van der Waals surface area contributed by atoms with Crippen molar-refractivity contribution in [2.45, 2.75) is 46.1 Å². The summed E-state index contributed by atoms with van der Waals surface area (Å²) >= 11 is 1.54. The first-order chi connectivity index (χ1) is 12.2. The molecule has 1 aliphatic carbocycles. The van der Waals surface area contributed by atoms with Gasteiger partial charge in [0.05, 0.1) is 21.7 Å². The van der Waals surface area contributed by atoms with Gasteiger partial charge in [0.25, 0.3) is 0 Å². The fraction of sp³-hybridized carbons (Fsp3) is 0.381. The van der Waals surface area contributed by atoms with Gasteiger partial charge in [-0.1, -0.05) is 18.2 Å². The summed E-state index contributed by atoms with van der Waals surface area (Å²) in [7, 11) is 0. The molecule has 3 atom stereocenters. The first-order valence-corrected chi connectivity index (χ1v) is 9.52. The maximum atomic E-state index is 10.7. The van der Waals surface area contributed by atoms with E-state index >= 15 is 0 Å². The van der Waals surface area contributed by atoms with Gasteiger partial charge in [-0.2, -0.15) is 0 Å². The van der Waals surface area contributed by atoms with Crippen LogP contribution in [-0.2, 0) is 0 Å². The third kappa shape index (κ3) is 3.29. The molecule has 0 bridgehead atoms. The van der Waals surface area contributed by atoms with E-state index in [1.165, 1.54) is 11.3 Å². The second-order valence-corrected chi connectivity index (χ2v) is 8.42. The SMILES string of the molecule is C=C(C)[C@@H]1C[C@H](O)C(C)=C[C@H]1c1c(O)cc(-c2sc(C)nc2C)cc1O. The number of hydrogen-bond acceptors (Lipinski definition) is 5. The Morgan fingerprint density at radius 2 is 1.81 bits per heavy atom. The maximum Gasteiger partial charge on any atom is 0.123 e. The molecule has 1 heterocycles. The number of benzene rings is 1. The molecule has 0 unspecified atom stereocenters. The Labute approximate surface area is 158 Å². The second-order valence-electron chi connectivity index (χ2n) is 7.22. The van der Waals surface area contributed by atoms with Crippen LogP contribution in [0, 0.1) is 19.8 Å². The minimum absolute atomic E-state index is 0.0382. The van der Waals surface area contributed by atoms with Gasteiger partial charge in [0.2, 0.25) is 0 Å². The van der Waals surface area contributed by atoms with E-state index in [9.17, 15) is 15.3 Å². The summed E-state index contributed by atoms with van der Waals surface area (Å²) in [5.74, 6) is -0.137. The van der Waals surface area contributed by atoms with Crippen LogP contribution in [0.15, 0.2) is 35.9 Å². The van der Waals surface area contributed by atoms with Crippen molar-refractivity contribution in [3.8, 4) is 21.9 Å². The topological polar surface area (TPSA) is 73.6 Å². The maximum absolute atomic E-state index is 10.7. The first kappa shape index (κ1) is 18.7. The number of aryl methyl sites for hydroxylation is 2. The molecular formula is C21H25NO3S. The number of hydrogen-bond donors (Lipinski definition) is 3. The Morgan fingerprint density at radius 3 is 2.31 bits per heavy atom. The summed E-state index contributed by atoms with van der Waals surface area (Å²) in [5, 5.41) is 32.6. The highest BCUT2D eigenvalue weighted by Gasteiger charge is 2.33. The number of nitrogens with zero attached hydrogens (tertiary/aromatic N) is 1. The van der Waals surface area contributed by atoms with Crippen LogP contribution in [0.4, 0.5) is 0 Å². The monoisotopic (exact) mass is 371 g/mol. The van der Waals surface area contributed by atoms with Gasteiger partial charge in [-0.25, -0.2) is 4.98 Å². The van der Waals surface area contributed by atoms with Crippen molar-refractivity contribution < 1.29 is 15.3 Å². The number of rotatable bonds is 3. The van der Waals surface area contributed by atoms with Crippen LogP contribution < -0.4 is 0 Å². The fourth-order valence-electron chi connectivity index (χ4n) is 3.77. The molecule has 1 aliphatic rings. The van der Waals surface area contributed by atoms with Crippen LogP contribution in [0.3, 0.4) is 0 Å². The van der Waals surface area contributed by atoms with E-state index in [1.54, 1.807) is 12.1 Å². The largest absolute Gasteiger partial charge is 0.507 e. The quantitative estimate of drug-likeness (QED) is 0.676. The van der Waals surface area contributed by atoms with E-state index in [-0.39, 0.29) is 23.3 Å². The normalized spacial score (nSPS) is 23.0. The molecule has 0 aliphatic heterocycles. The molecule has 0 fully saturated rings. The molecule has 0 amide bonds. The Bertz CT molecular complexity index is 874. The molecule has 26 heavy (non-hydrogen) atoms. The highest BCUT2D eigenvalue weighted by atomic mass is 32.1. The molecule has 1 aromatic heterocycles. The van der Waals surface area contributed by atoms with Gasteiger partial charge in [-0.15, -0.1) is 11.3 Å². The van der Waals surface area contributed by atoms with Crippen molar-refractivity contribution in [1.29, 1.82) is 0 Å². The third-order valence-electron chi connectivity index (χ3n) is 5.15. The molecule has 0 spiro atoms. The predicted molar refractivity (Wildman–Crippen MR) is 106 cm³/mol. The standard InChI is InChI=1S/C21H25NO3S/c1-10(2)15-9-17(23)11(3)6-16(15)20-18(24)7-14(8-19(20)25)21-12(4)22-13(5)26-21/h6-8,15-17,23-25H,1,9H2,2-5H3/t15-,16+,17-/m0/s1. The highest BCUT2D eigenvalue weighted by Crippen LogP contribution is 2.48. The summed E-state index contributed by atoms with van der Waals surface area (Å²) in [5.41, 5.74) is 3.91. The van der Waals surface area contributed by atoms with Crippen molar-refractivity contribution in [1.82, 2.24) is 4.98 Å². The van der Waals surface area contributed by atoms with Crippen molar-refractivity contribution in [2.24, 2.45) is 5.92 Å². The van der Waals surface area contributed by atoms with Gasteiger partial charge in [-0.05, 0) is 57.7 Å². The lowest BCUT2D eigenvalue weighted by molar-refractivity contribution is 0.168. The minimum atomic E-state index is -0.515. The lowest BCUT2D eigenvalue weighted by Gasteiger charge is -2.34. The number of phenols is 2. The molecule has 1 aromatic carbocycles. The summed E-state index contributed by atoms with van der Waals surface area (Å²) in [6.45, 7) is 11.7. The van der Waals surface area contributed by atoms with E-state index in [4.69, 9.17) is 0 Å². The summed E-state index contributed by atoms with van der Waals surface area (Å²) in [6, 6.07) is 3.39.